The van der Waals surface area contributed by atoms with Crippen LogP contribution in [0, 0.1) is 0 Å². The quantitative estimate of drug-likeness (QED) is 0.648. The van der Waals surface area contributed by atoms with Crippen molar-refractivity contribution in [3.8, 4) is 11.5 Å². The molecular formula is C20H18ClNO5. The number of carbonyl (C=O) groups excluding carboxylic acids is 1. The second-order valence-corrected chi connectivity index (χ2v) is 6.15. The van der Waals surface area contributed by atoms with Gasteiger partial charge in [-0.15, -0.1) is 0 Å². The van der Waals surface area contributed by atoms with E-state index in [0.29, 0.717) is 27.4 Å². The molecule has 0 radical (unpaired) electrons. The molecule has 0 aliphatic carbocycles. The van der Waals surface area contributed by atoms with Crippen LogP contribution in [0.1, 0.15) is 22.8 Å². The first-order valence-electron chi connectivity index (χ1n) is 8.31. The van der Waals surface area contributed by atoms with Gasteiger partial charge in [-0.2, -0.15) is 0 Å². The third kappa shape index (κ3) is 4.06. The number of aromatic nitrogens is 1. The second-order valence-electron chi connectivity index (χ2n) is 5.72. The molecule has 1 heterocycles. The highest BCUT2D eigenvalue weighted by atomic mass is 35.5. The number of hydrogen-bond acceptors (Lipinski definition) is 5. The van der Waals surface area contributed by atoms with Crippen molar-refractivity contribution in [2.24, 2.45) is 0 Å². The van der Waals surface area contributed by atoms with E-state index in [-0.39, 0.29) is 18.8 Å². The molecule has 1 aromatic heterocycles. The predicted molar refractivity (Wildman–Crippen MR) is 103 cm³/mol. The van der Waals surface area contributed by atoms with Crippen molar-refractivity contribution in [3.05, 3.63) is 69.0 Å². The number of benzene rings is 2. The van der Waals surface area contributed by atoms with Gasteiger partial charge in [0.25, 0.3) is 0 Å². The lowest BCUT2D eigenvalue weighted by atomic mass is 10.1. The van der Waals surface area contributed by atoms with Crippen molar-refractivity contribution in [2.75, 3.05) is 13.7 Å². The molecule has 0 saturated carbocycles. The molecule has 0 spiro atoms. The van der Waals surface area contributed by atoms with Gasteiger partial charge in [-0.1, -0.05) is 23.7 Å². The number of pyridine rings is 1. The molecule has 140 valence electrons. The summed E-state index contributed by atoms with van der Waals surface area (Å²) in [4.78, 5) is 27.6. The molecule has 7 heteroatoms. The monoisotopic (exact) mass is 387 g/mol. The van der Waals surface area contributed by atoms with Crippen molar-refractivity contribution >= 4 is 28.5 Å². The summed E-state index contributed by atoms with van der Waals surface area (Å²) in [7, 11) is 1.52. The van der Waals surface area contributed by atoms with Gasteiger partial charge < -0.3 is 19.2 Å². The summed E-state index contributed by atoms with van der Waals surface area (Å²) in [6, 6.07) is 10.5. The van der Waals surface area contributed by atoms with E-state index < -0.39 is 11.4 Å². The Morgan fingerprint density at radius 3 is 2.56 bits per heavy atom. The normalized spacial score (nSPS) is 10.6. The molecule has 0 saturated heterocycles. The number of ether oxygens (including phenoxy) is 3. The van der Waals surface area contributed by atoms with E-state index >= 15 is 0 Å². The molecule has 0 bridgehead atoms. The molecule has 0 unspecified atom stereocenters. The van der Waals surface area contributed by atoms with Gasteiger partial charge in [0.05, 0.1) is 24.6 Å². The lowest BCUT2D eigenvalue weighted by Crippen LogP contribution is -2.18. The number of aromatic amines is 1. The number of carbonyl (C=O) groups is 1. The number of rotatable bonds is 6. The van der Waals surface area contributed by atoms with Gasteiger partial charge in [0.2, 0.25) is 5.43 Å². The zero-order chi connectivity index (χ0) is 19.4. The minimum Gasteiger partial charge on any atom is -0.493 e. The SMILES string of the molecule is CCOC(=O)c1c[nH]c2cc(OC)c(OCc3ccc(Cl)cc3)cc2c1=O. The molecular weight excluding hydrogens is 370 g/mol. The van der Waals surface area contributed by atoms with Crippen LogP contribution in [0.4, 0.5) is 0 Å². The first-order chi connectivity index (χ1) is 13.0. The zero-order valence-corrected chi connectivity index (χ0v) is 15.6. The molecule has 6 nitrogen and oxygen atoms in total. The predicted octanol–water partition coefficient (Wildman–Crippen LogP) is 3.95. The Morgan fingerprint density at radius 2 is 1.89 bits per heavy atom. The summed E-state index contributed by atoms with van der Waals surface area (Å²) < 4.78 is 16.1. The van der Waals surface area contributed by atoms with Crippen LogP contribution in [-0.2, 0) is 11.3 Å². The third-order valence-electron chi connectivity index (χ3n) is 3.97. The third-order valence-corrected chi connectivity index (χ3v) is 4.22. The van der Waals surface area contributed by atoms with Crippen molar-refractivity contribution in [3.63, 3.8) is 0 Å². The summed E-state index contributed by atoms with van der Waals surface area (Å²) in [5, 5.41) is 0.951. The van der Waals surface area contributed by atoms with E-state index in [0.717, 1.165) is 5.56 Å². The number of H-pyrrole nitrogens is 1. The van der Waals surface area contributed by atoms with Crippen LogP contribution in [0.3, 0.4) is 0 Å². The van der Waals surface area contributed by atoms with E-state index in [4.69, 9.17) is 25.8 Å². The maximum Gasteiger partial charge on any atom is 0.343 e. The van der Waals surface area contributed by atoms with E-state index in [2.05, 4.69) is 4.98 Å². The van der Waals surface area contributed by atoms with Crippen LogP contribution in [0.15, 0.2) is 47.4 Å². The maximum atomic E-state index is 12.7. The minimum absolute atomic E-state index is 0.0573. The maximum absolute atomic E-state index is 12.7. The van der Waals surface area contributed by atoms with Crippen molar-refractivity contribution < 1.29 is 19.0 Å². The second kappa shape index (κ2) is 8.14. The highest BCUT2D eigenvalue weighted by molar-refractivity contribution is 6.30. The van der Waals surface area contributed by atoms with Gasteiger partial charge >= 0.3 is 5.97 Å². The molecule has 1 N–H and O–H groups in total. The van der Waals surface area contributed by atoms with Crippen LogP contribution in [0.5, 0.6) is 11.5 Å². The summed E-state index contributed by atoms with van der Waals surface area (Å²) in [5.41, 5.74) is 0.957. The standard InChI is InChI=1S/C20H18ClNO5/c1-3-26-20(24)15-10-22-16-9-17(25-2)18(8-14(16)19(15)23)27-11-12-4-6-13(21)7-5-12/h4-10H,3,11H2,1-2H3,(H,22,23). The minimum atomic E-state index is -0.667. The number of nitrogens with one attached hydrogen (secondary N) is 1. The fourth-order valence-corrected chi connectivity index (χ4v) is 2.73. The number of halogens is 1. The lowest BCUT2D eigenvalue weighted by molar-refractivity contribution is 0.0524. The Bertz CT molecular complexity index is 1030. The number of fused-ring (bicyclic) bond motifs is 1. The average Bonchev–Trinajstić information content (AvgIpc) is 2.67. The topological polar surface area (TPSA) is 77.6 Å². The number of hydrogen-bond donors (Lipinski definition) is 1. The fourth-order valence-electron chi connectivity index (χ4n) is 2.60. The Hall–Kier alpha value is -2.99. The van der Waals surface area contributed by atoms with Crippen molar-refractivity contribution in [2.45, 2.75) is 13.5 Å². The van der Waals surface area contributed by atoms with Gasteiger partial charge in [-0.25, -0.2) is 4.79 Å². The zero-order valence-electron chi connectivity index (χ0n) is 14.9. The van der Waals surface area contributed by atoms with Crippen LogP contribution in [0.25, 0.3) is 10.9 Å². The smallest absolute Gasteiger partial charge is 0.343 e. The fraction of sp³-hybridized carbons (Fsp3) is 0.200. The van der Waals surface area contributed by atoms with Crippen LogP contribution < -0.4 is 14.9 Å². The van der Waals surface area contributed by atoms with E-state index in [1.807, 2.05) is 12.1 Å². The summed E-state index contributed by atoms with van der Waals surface area (Å²) in [6.45, 7) is 2.14. The van der Waals surface area contributed by atoms with E-state index in [1.54, 1.807) is 31.2 Å². The Morgan fingerprint density at radius 1 is 1.15 bits per heavy atom. The van der Waals surface area contributed by atoms with Crippen molar-refractivity contribution in [1.82, 2.24) is 4.98 Å². The van der Waals surface area contributed by atoms with Crippen LogP contribution in [-0.4, -0.2) is 24.7 Å². The van der Waals surface area contributed by atoms with Crippen LogP contribution in [0.2, 0.25) is 5.02 Å². The molecule has 2 aromatic carbocycles. The highest BCUT2D eigenvalue weighted by Crippen LogP contribution is 2.31. The van der Waals surface area contributed by atoms with Gasteiger partial charge in [0.15, 0.2) is 11.5 Å². The molecule has 3 rings (SSSR count). The summed E-state index contributed by atoms with van der Waals surface area (Å²) in [5.74, 6) is 0.197. The van der Waals surface area contributed by atoms with E-state index in [9.17, 15) is 9.59 Å². The highest BCUT2D eigenvalue weighted by Gasteiger charge is 2.16. The molecule has 0 aliphatic heterocycles. The summed E-state index contributed by atoms with van der Waals surface area (Å²) >= 11 is 5.89. The molecule has 0 amide bonds. The Labute approximate surface area is 160 Å². The number of methoxy groups -OCH3 is 1. The average molecular weight is 388 g/mol. The van der Waals surface area contributed by atoms with Crippen LogP contribution >= 0.6 is 11.6 Å². The molecule has 3 aromatic rings. The van der Waals surface area contributed by atoms with E-state index in [1.165, 1.54) is 13.3 Å². The Balaban J connectivity index is 1.98. The first kappa shape index (κ1) is 18.8. The molecule has 0 atom stereocenters. The molecule has 0 fully saturated rings. The lowest BCUT2D eigenvalue weighted by Gasteiger charge is -2.12. The summed E-state index contributed by atoms with van der Waals surface area (Å²) in [6.07, 6.45) is 1.34. The van der Waals surface area contributed by atoms with Gasteiger partial charge in [-0.05, 0) is 30.7 Å². The molecule has 27 heavy (non-hydrogen) atoms. The number of esters is 1. The Kier molecular flexibility index (Phi) is 5.66. The van der Waals surface area contributed by atoms with Gasteiger partial charge in [0.1, 0.15) is 12.2 Å². The largest absolute Gasteiger partial charge is 0.493 e. The van der Waals surface area contributed by atoms with Gasteiger partial charge in [-0.3, -0.25) is 4.79 Å². The first-order valence-corrected chi connectivity index (χ1v) is 8.69. The van der Waals surface area contributed by atoms with Gasteiger partial charge in [0, 0.05) is 17.3 Å². The molecule has 0 aliphatic rings. The van der Waals surface area contributed by atoms with Crippen molar-refractivity contribution in [1.29, 1.82) is 0 Å².